The highest BCUT2D eigenvalue weighted by Crippen LogP contribution is 2.43. The molecule has 0 unspecified atom stereocenters. The summed E-state index contributed by atoms with van der Waals surface area (Å²) in [6.07, 6.45) is 7.86. The molecule has 4 rings (SSSR count). The Morgan fingerprint density at radius 2 is 2.12 bits per heavy atom. The second kappa shape index (κ2) is 7.50. The topological polar surface area (TPSA) is 53.7 Å². The first-order chi connectivity index (χ1) is 12.8. The Morgan fingerprint density at radius 1 is 1.27 bits per heavy atom. The van der Waals surface area contributed by atoms with Gasteiger partial charge in [-0.05, 0) is 25.3 Å². The summed E-state index contributed by atoms with van der Waals surface area (Å²) in [5.74, 6) is 0.867. The van der Waals surface area contributed by atoms with E-state index >= 15 is 0 Å². The molecule has 136 valence electrons. The van der Waals surface area contributed by atoms with Gasteiger partial charge < -0.3 is 10.6 Å². The van der Waals surface area contributed by atoms with Gasteiger partial charge in [0.2, 0.25) is 0 Å². The Kier molecular flexibility index (Phi) is 4.93. The molecule has 1 aromatic carbocycles. The van der Waals surface area contributed by atoms with Gasteiger partial charge in [0, 0.05) is 36.3 Å². The standard InChI is InChI=1S/C20H25N5S/c1-2-21-18(22-13-17-14-25-11-12-26-19(25)24-17)23-15-20(9-6-10-20)16-7-4-3-5-8-16/h3-5,7-8,11-12,14H,2,6,9-10,13,15H2,1H3,(H2,21,22,23). The van der Waals surface area contributed by atoms with Crippen LogP contribution in [0.25, 0.3) is 4.96 Å². The number of benzene rings is 1. The average Bonchev–Trinajstić information content (AvgIpc) is 3.21. The zero-order valence-electron chi connectivity index (χ0n) is 15.1. The van der Waals surface area contributed by atoms with Crippen molar-refractivity contribution in [1.82, 2.24) is 20.0 Å². The van der Waals surface area contributed by atoms with Gasteiger partial charge in [0.05, 0.1) is 12.2 Å². The first-order valence-corrected chi connectivity index (χ1v) is 10.2. The molecule has 0 aliphatic heterocycles. The largest absolute Gasteiger partial charge is 0.357 e. The molecule has 5 nitrogen and oxygen atoms in total. The van der Waals surface area contributed by atoms with Crippen LogP contribution in [-0.4, -0.2) is 28.4 Å². The molecule has 26 heavy (non-hydrogen) atoms. The minimum Gasteiger partial charge on any atom is -0.357 e. The lowest BCUT2D eigenvalue weighted by atomic mass is 9.64. The number of thiazole rings is 1. The molecule has 0 radical (unpaired) electrons. The van der Waals surface area contributed by atoms with Gasteiger partial charge in [-0.1, -0.05) is 36.8 Å². The molecule has 1 aliphatic carbocycles. The van der Waals surface area contributed by atoms with Crippen LogP contribution in [0.2, 0.25) is 0 Å². The van der Waals surface area contributed by atoms with E-state index in [0.29, 0.717) is 6.54 Å². The third-order valence-electron chi connectivity index (χ3n) is 5.18. The minimum absolute atomic E-state index is 0.245. The van der Waals surface area contributed by atoms with Gasteiger partial charge in [-0.2, -0.15) is 0 Å². The summed E-state index contributed by atoms with van der Waals surface area (Å²) < 4.78 is 2.05. The van der Waals surface area contributed by atoms with Crippen molar-refractivity contribution in [3.8, 4) is 0 Å². The van der Waals surface area contributed by atoms with Crippen LogP contribution in [-0.2, 0) is 12.0 Å². The van der Waals surface area contributed by atoms with E-state index in [4.69, 9.17) is 4.99 Å². The summed E-state index contributed by atoms with van der Waals surface area (Å²) in [7, 11) is 0. The highest BCUT2D eigenvalue weighted by atomic mass is 32.1. The summed E-state index contributed by atoms with van der Waals surface area (Å²) in [4.78, 5) is 10.4. The maximum absolute atomic E-state index is 4.74. The molecule has 0 atom stereocenters. The van der Waals surface area contributed by atoms with Crippen LogP contribution in [0.15, 0.2) is 53.1 Å². The van der Waals surface area contributed by atoms with Crippen LogP contribution < -0.4 is 10.6 Å². The number of fused-ring (bicyclic) bond motifs is 1. The second-order valence-electron chi connectivity index (χ2n) is 6.87. The number of guanidine groups is 1. The molecule has 0 bridgehead atoms. The predicted octanol–water partition coefficient (Wildman–Crippen LogP) is 3.57. The van der Waals surface area contributed by atoms with Crippen molar-refractivity contribution in [2.24, 2.45) is 4.99 Å². The fourth-order valence-electron chi connectivity index (χ4n) is 3.57. The smallest absolute Gasteiger partial charge is 0.193 e. The lowest BCUT2D eigenvalue weighted by Crippen LogP contribution is -2.48. The highest BCUT2D eigenvalue weighted by Gasteiger charge is 2.38. The number of nitrogens with one attached hydrogen (secondary N) is 2. The SMILES string of the molecule is CCNC(=NCc1cn2ccsc2n1)NCC1(c2ccccc2)CCC1. The van der Waals surface area contributed by atoms with Crippen LogP contribution in [0, 0.1) is 0 Å². The van der Waals surface area contributed by atoms with Crippen molar-refractivity contribution in [3.05, 3.63) is 59.4 Å². The van der Waals surface area contributed by atoms with Gasteiger partial charge in [-0.15, -0.1) is 11.3 Å². The number of rotatable bonds is 6. The Balaban J connectivity index is 1.43. The maximum Gasteiger partial charge on any atom is 0.193 e. The van der Waals surface area contributed by atoms with Gasteiger partial charge in [-0.3, -0.25) is 4.40 Å². The normalized spacial score (nSPS) is 16.4. The van der Waals surface area contributed by atoms with E-state index in [0.717, 1.165) is 29.7 Å². The first-order valence-electron chi connectivity index (χ1n) is 9.28. The third kappa shape index (κ3) is 3.46. The van der Waals surface area contributed by atoms with Crippen LogP contribution in [0.1, 0.15) is 37.4 Å². The van der Waals surface area contributed by atoms with E-state index in [-0.39, 0.29) is 5.41 Å². The summed E-state index contributed by atoms with van der Waals surface area (Å²) in [6, 6.07) is 10.9. The highest BCUT2D eigenvalue weighted by molar-refractivity contribution is 7.15. The molecular weight excluding hydrogens is 342 g/mol. The molecule has 2 N–H and O–H groups in total. The van der Waals surface area contributed by atoms with Gasteiger partial charge in [0.1, 0.15) is 0 Å². The van der Waals surface area contributed by atoms with E-state index in [1.807, 2.05) is 11.6 Å². The number of hydrogen-bond acceptors (Lipinski definition) is 3. The van der Waals surface area contributed by atoms with E-state index in [2.05, 4.69) is 63.5 Å². The zero-order chi connectivity index (χ0) is 17.8. The second-order valence-corrected chi connectivity index (χ2v) is 7.75. The van der Waals surface area contributed by atoms with Crippen LogP contribution in [0.5, 0.6) is 0 Å². The molecule has 1 saturated carbocycles. The van der Waals surface area contributed by atoms with Crippen molar-refractivity contribution < 1.29 is 0 Å². The monoisotopic (exact) mass is 367 g/mol. The van der Waals surface area contributed by atoms with Gasteiger partial charge in [0.25, 0.3) is 0 Å². The Bertz CT molecular complexity index is 847. The fourth-order valence-corrected chi connectivity index (χ4v) is 4.29. The average molecular weight is 368 g/mol. The number of imidazole rings is 1. The van der Waals surface area contributed by atoms with Crippen LogP contribution >= 0.6 is 11.3 Å². The molecule has 1 fully saturated rings. The van der Waals surface area contributed by atoms with Gasteiger partial charge in [-0.25, -0.2) is 9.98 Å². The molecule has 6 heteroatoms. The molecular formula is C20H25N5S. The lowest BCUT2D eigenvalue weighted by molar-refractivity contribution is 0.244. The quantitative estimate of drug-likeness (QED) is 0.517. The summed E-state index contributed by atoms with van der Waals surface area (Å²) in [5, 5.41) is 8.97. The lowest BCUT2D eigenvalue weighted by Gasteiger charge is -2.43. The van der Waals surface area contributed by atoms with E-state index in [9.17, 15) is 0 Å². The Morgan fingerprint density at radius 3 is 2.81 bits per heavy atom. The maximum atomic E-state index is 4.74. The van der Waals surface area contributed by atoms with Crippen LogP contribution in [0.3, 0.4) is 0 Å². The summed E-state index contributed by atoms with van der Waals surface area (Å²) in [5.41, 5.74) is 2.67. The molecule has 0 spiro atoms. The molecule has 1 aliphatic rings. The van der Waals surface area contributed by atoms with Gasteiger partial charge in [0.15, 0.2) is 10.9 Å². The Labute approximate surface area is 158 Å². The zero-order valence-corrected chi connectivity index (χ0v) is 15.9. The van der Waals surface area contributed by atoms with Crippen molar-refractivity contribution in [2.75, 3.05) is 13.1 Å². The molecule has 2 heterocycles. The fraction of sp³-hybridized carbons (Fsp3) is 0.400. The molecule has 3 aromatic rings. The van der Waals surface area contributed by atoms with Crippen molar-refractivity contribution >= 4 is 22.3 Å². The minimum atomic E-state index is 0.245. The number of hydrogen-bond donors (Lipinski definition) is 2. The summed E-state index contributed by atoms with van der Waals surface area (Å²) in [6.45, 7) is 4.45. The Hall–Kier alpha value is -2.34. The number of nitrogens with zero attached hydrogens (tertiary/aromatic N) is 3. The van der Waals surface area contributed by atoms with Crippen molar-refractivity contribution in [2.45, 2.75) is 38.1 Å². The third-order valence-corrected chi connectivity index (χ3v) is 5.95. The van der Waals surface area contributed by atoms with E-state index in [1.165, 1.54) is 24.8 Å². The van der Waals surface area contributed by atoms with Crippen LogP contribution in [0.4, 0.5) is 0 Å². The predicted molar refractivity (Wildman–Crippen MR) is 108 cm³/mol. The van der Waals surface area contributed by atoms with E-state index in [1.54, 1.807) is 11.3 Å². The van der Waals surface area contributed by atoms with Crippen molar-refractivity contribution in [3.63, 3.8) is 0 Å². The molecule has 2 aromatic heterocycles. The summed E-state index contributed by atoms with van der Waals surface area (Å²) >= 11 is 1.65. The number of aromatic nitrogens is 2. The number of aliphatic imine (C=N–C) groups is 1. The van der Waals surface area contributed by atoms with Crippen molar-refractivity contribution in [1.29, 1.82) is 0 Å². The van der Waals surface area contributed by atoms with Gasteiger partial charge >= 0.3 is 0 Å². The first kappa shape index (κ1) is 17.1. The van der Waals surface area contributed by atoms with E-state index < -0.39 is 0 Å². The molecule has 0 saturated heterocycles. The molecule has 0 amide bonds.